The Morgan fingerprint density at radius 3 is 2.65 bits per heavy atom. The minimum atomic E-state index is -0.182. The number of halogens is 2. The second kappa shape index (κ2) is 7.49. The van der Waals surface area contributed by atoms with Crippen molar-refractivity contribution in [3.8, 4) is 5.75 Å². The van der Waals surface area contributed by atoms with Gasteiger partial charge >= 0.3 is 0 Å². The fourth-order valence-electron chi connectivity index (χ4n) is 3.01. The summed E-state index contributed by atoms with van der Waals surface area (Å²) < 4.78 is 7.52. The summed E-state index contributed by atoms with van der Waals surface area (Å²) in [5, 5.41) is 8.55. The van der Waals surface area contributed by atoms with Crippen LogP contribution < -0.4 is 10.1 Å². The van der Waals surface area contributed by atoms with E-state index in [2.05, 4.69) is 16.1 Å². The summed E-state index contributed by atoms with van der Waals surface area (Å²) in [6, 6.07) is 7.19. The second-order valence-corrected chi connectivity index (χ2v) is 7.82. The molecule has 26 heavy (non-hydrogen) atoms. The van der Waals surface area contributed by atoms with E-state index in [0.29, 0.717) is 40.7 Å². The summed E-state index contributed by atoms with van der Waals surface area (Å²) in [7, 11) is 0. The number of ether oxygens (including phenoxy) is 1. The van der Waals surface area contributed by atoms with Crippen LogP contribution in [-0.4, -0.2) is 28.8 Å². The van der Waals surface area contributed by atoms with Crippen LogP contribution in [0.3, 0.4) is 0 Å². The number of nitrogens with one attached hydrogen (secondary N) is 1. The highest BCUT2D eigenvalue weighted by atomic mass is 35.5. The summed E-state index contributed by atoms with van der Waals surface area (Å²) in [4.78, 5) is 12.0. The SMILES string of the molecule is O=C(COc1ccc(Cl)cc1Cl)NCCn1nc(C2CC2)cc1C1CC1. The molecule has 5 nitrogen and oxygen atoms in total. The standard InChI is InChI=1S/C19H21Cl2N3O2/c20-14-5-6-18(15(21)9-14)26-11-19(25)22-7-8-24-17(13-3-4-13)10-16(23-24)12-1-2-12/h5-6,9-10,12-13H,1-4,7-8,11H2,(H,22,25). The third-order valence-corrected chi connectivity index (χ3v) is 5.25. The molecule has 1 N–H and O–H groups in total. The summed E-state index contributed by atoms with van der Waals surface area (Å²) in [6.45, 7) is 1.14. The van der Waals surface area contributed by atoms with E-state index >= 15 is 0 Å². The molecule has 0 spiro atoms. The van der Waals surface area contributed by atoms with Gasteiger partial charge in [-0.15, -0.1) is 0 Å². The third-order valence-electron chi connectivity index (χ3n) is 4.72. The predicted molar refractivity (Wildman–Crippen MR) is 101 cm³/mol. The van der Waals surface area contributed by atoms with Crippen LogP contribution in [0.4, 0.5) is 0 Å². The van der Waals surface area contributed by atoms with Crippen molar-refractivity contribution in [1.29, 1.82) is 0 Å². The van der Waals surface area contributed by atoms with Gasteiger partial charge in [-0.05, 0) is 49.9 Å². The van der Waals surface area contributed by atoms with Gasteiger partial charge in [0.05, 0.1) is 17.3 Å². The normalized spacial score (nSPS) is 16.5. The van der Waals surface area contributed by atoms with Crippen molar-refractivity contribution in [2.24, 2.45) is 0 Å². The number of amides is 1. The van der Waals surface area contributed by atoms with Gasteiger partial charge in [-0.2, -0.15) is 5.10 Å². The molecule has 0 saturated heterocycles. The van der Waals surface area contributed by atoms with Crippen molar-refractivity contribution in [3.05, 3.63) is 45.7 Å². The van der Waals surface area contributed by atoms with Gasteiger partial charge in [0.2, 0.25) is 0 Å². The highest BCUT2D eigenvalue weighted by Gasteiger charge is 2.32. The molecule has 1 aromatic carbocycles. The molecule has 7 heteroatoms. The fraction of sp³-hybridized carbons (Fsp3) is 0.474. The minimum Gasteiger partial charge on any atom is -0.482 e. The maximum Gasteiger partial charge on any atom is 0.258 e. The number of benzene rings is 1. The number of aromatic nitrogens is 2. The molecule has 1 aromatic heterocycles. The van der Waals surface area contributed by atoms with E-state index in [4.69, 9.17) is 33.0 Å². The van der Waals surface area contributed by atoms with Crippen LogP contribution in [0.25, 0.3) is 0 Å². The Morgan fingerprint density at radius 2 is 1.96 bits per heavy atom. The molecule has 1 amide bonds. The molecule has 2 aromatic rings. The van der Waals surface area contributed by atoms with E-state index in [1.807, 2.05) is 0 Å². The lowest BCUT2D eigenvalue weighted by Crippen LogP contribution is -2.32. The average Bonchev–Trinajstić information content (AvgIpc) is 3.53. The van der Waals surface area contributed by atoms with Gasteiger partial charge in [-0.3, -0.25) is 9.48 Å². The lowest BCUT2D eigenvalue weighted by Gasteiger charge is -2.10. The molecule has 0 atom stereocenters. The zero-order chi connectivity index (χ0) is 18.1. The first-order chi connectivity index (χ1) is 12.6. The monoisotopic (exact) mass is 393 g/mol. The third kappa shape index (κ3) is 4.33. The molecule has 138 valence electrons. The number of carbonyl (C=O) groups excluding carboxylic acids is 1. The van der Waals surface area contributed by atoms with Crippen LogP contribution in [0, 0.1) is 0 Å². The maximum atomic E-state index is 12.0. The lowest BCUT2D eigenvalue weighted by atomic mass is 10.2. The topological polar surface area (TPSA) is 56.1 Å². The maximum absolute atomic E-state index is 12.0. The van der Waals surface area contributed by atoms with Gasteiger partial charge < -0.3 is 10.1 Å². The number of nitrogens with zero attached hydrogens (tertiary/aromatic N) is 2. The molecule has 2 saturated carbocycles. The van der Waals surface area contributed by atoms with Crippen molar-refractivity contribution in [2.45, 2.75) is 44.1 Å². The highest BCUT2D eigenvalue weighted by molar-refractivity contribution is 6.35. The van der Waals surface area contributed by atoms with E-state index in [0.717, 1.165) is 0 Å². The summed E-state index contributed by atoms with van der Waals surface area (Å²) >= 11 is 11.9. The highest BCUT2D eigenvalue weighted by Crippen LogP contribution is 2.44. The van der Waals surface area contributed by atoms with Gasteiger partial charge in [0, 0.05) is 29.1 Å². The van der Waals surface area contributed by atoms with Crippen molar-refractivity contribution >= 4 is 29.1 Å². The second-order valence-electron chi connectivity index (χ2n) is 6.98. The smallest absolute Gasteiger partial charge is 0.258 e. The Hall–Kier alpha value is -1.72. The Balaban J connectivity index is 1.26. The molecule has 0 radical (unpaired) electrons. The molecular formula is C19H21Cl2N3O2. The molecule has 0 unspecified atom stereocenters. The van der Waals surface area contributed by atoms with E-state index in [-0.39, 0.29) is 12.5 Å². The summed E-state index contributed by atoms with van der Waals surface area (Å²) in [5.41, 5.74) is 2.55. The van der Waals surface area contributed by atoms with Crippen molar-refractivity contribution in [1.82, 2.24) is 15.1 Å². The van der Waals surface area contributed by atoms with Gasteiger partial charge in [-0.1, -0.05) is 23.2 Å². The molecule has 2 aliphatic carbocycles. The summed E-state index contributed by atoms with van der Waals surface area (Å²) in [6.07, 6.45) is 5.00. The molecule has 0 aliphatic heterocycles. The van der Waals surface area contributed by atoms with Crippen LogP contribution in [-0.2, 0) is 11.3 Å². The number of hydrogen-bond donors (Lipinski definition) is 1. The number of carbonyl (C=O) groups is 1. The fourth-order valence-corrected chi connectivity index (χ4v) is 3.47. The van der Waals surface area contributed by atoms with Crippen LogP contribution in [0.1, 0.15) is 48.9 Å². The average molecular weight is 394 g/mol. The van der Waals surface area contributed by atoms with E-state index in [9.17, 15) is 4.79 Å². The zero-order valence-electron chi connectivity index (χ0n) is 14.4. The summed E-state index contributed by atoms with van der Waals surface area (Å²) in [5.74, 6) is 1.57. The van der Waals surface area contributed by atoms with Crippen LogP contribution in [0.15, 0.2) is 24.3 Å². The van der Waals surface area contributed by atoms with Gasteiger partial charge in [0.15, 0.2) is 6.61 Å². The Kier molecular flexibility index (Phi) is 5.09. The molecule has 2 fully saturated rings. The van der Waals surface area contributed by atoms with Crippen molar-refractivity contribution in [3.63, 3.8) is 0 Å². The number of hydrogen-bond acceptors (Lipinski definition) is 3. The molecule has 2 aliphatic rings. The Morgan fingerprint density at radius 1 is 1.19 bits per heavy atom. The van der Waals surface area contributed by atoms with E-state index in [1.54, 1.807) is 18.2 Å². The molecule has 4 rings (SSSR count). The van der Waals surface area contributed by atoms with Crippen molar-refractivity contribution in [2.75, 3.05) is 13.2 Å². The molecule has 0 bridgehead atoms. The minimum absolute atomic E-state index is 0.0801. The first-order valence-corrected chi connectivity index (χ1v) is 9.78. The van der Waals surface area contributed by atoms with Gasteiger partial charge in [0.1, 0.15) is 5.75 Å². The van der Waals surface area contributed by atoms with Gasteiger partial charge in [-0.25, -0.2) is 0 Å². The molecule has 1 heterocycles. The van der Waals surface area contributed by atoms with E-state index < -0.39 is 0 Å². The molecular weight excluding hydrogens is 373 g/mol. The Bertz CT molecular complexity index is 813. The van der Waals surface area contributed by atoms with Crippen molar-refractivity contribution < 1.29 is 9.53 Å². The first kappa shape index (κ1) is 17.7. The quantitative estimate of drug-likeness (QED) is 0.732. The Labute approximate surface area is 162 Å². The van der Waals surface area contributed by atoms with Crippen LogP contribution >= 0.6 is 23.2 Å². The first-order valence-electron chi connectivity index (χ1n) is 9.02. The van der Waals surface area contributed by atoms with Gasteiger partial charge in [0.25, 0.3) is 5.91 Å². The zero-order valence-corrected chi connectivity index (χ0v) is 15.9. The lowest BCUT2D eigenvalue weighted by molar-refractivity contribution is -0.123. The van der Waals surface area contributed by atoms with Crippen LogP contribution in [0.2, 0.25) is 10.0 Å². The van der Waals surface area contributed by atoms with Crippen LogP contribution in [0.5, 0.6) is 5.75 Å². The predicted octanol–water partition coefficient (Wildman–Crippen LogP) is 4.14. The largest absolute Gasteiger partial charge is 0.482 e. The van der Waals surface area contributed by atoms with E-state index in [1.165, 1.54) is 37.1 Å². The number of rotatable bonds is 8.